The largest absolute Gasteiger partial charge is 0.447 e. The van der Waals surface area contributed by atoms with Crippen LogP contribution in [-0.2, 0) is 12.8 Å². The second-order valence-electron chi connectivity index (χ2n) is 6.09. The molecule has 3 aromatic rings. The van der Waals surface area contributed by atoms with E-state index in [1.165, 1.54) is 28.0 Å². The van der Waals surface area contributed by atoms with E-state index in [1.54, 1.807) is 12.1 Å². The first kappa shape index (κ1) is 17.1. The van der Waals surface area contributed by atoms with E-state index < -0.39 is 11.7 Å². The van der Waals surface area contributed by atoms with Crippen LogP contribution in [0.1, 0.15) is 45.6 Å². The molecule has 0 aromatic carbocycles. The third-order valence-electron chi connectivity index (χ3n) is 4.53. The molecule has 26 heavy (non-hydrogen) atoms. The first-order chi connectivity index (χ1) is 12.6. The summed E-state index contributed by atoms with van der Waals surface area (Å²) in [5.74, 6) is -1.53. The standard InChI is InChI=1S/C18H15N3O3S2/c1-25-13-7-6-11(24-13)15(22)10(8-19)16-20-17(23)14-9-4-2-3-5-12(9)26-18(14)21-16/h6-7,10H,2-5H2,1H3,(H,20,21,23). The Bertz CT molecular complexity index is 1100. The molecule has 1 atom stereocenters. The zero-order valence-corrected chi connectivity index (χ0v) is 15.6. The number of hydrogen-bond donors (Lipinski definition) is 1. The van der Waals surface area contributed by atoms with Gasteiger partial charge in [0.1, 0.15) is 10.7 Å². The molecular formula is C18H15N3O3S2. The van der Waals surface area contributed by atoms with Gasteiger partial charge in [0.25, 0.3) is 5.56 Å². The third-order valence-corrected chi connectivity index (χ3v) is 6.34. The maximum absolute atomic E-state index is 12.7. The van der Waals surface area contributed by atoms with Crippen molar-refractivity contribution in [2.75, 3.05) is 6.26 Å². The molecule has 0 saturated heterocycles. The lowest BCUT2D eigenvalue weighted by Crippen LogP contribution is -2.19. The molecule has 132 valence electrons. The summed E-state index contributed by atoms with van der Waals surface area (Å²) in [5.41, 5.74) is 0.800. The number of ketones is 1. The van der Waals surface area contributed by atoms with E-state index in [9.17, 15) is 14.9 Å². The summed E-state index contributed by atoms with van der Waals surface area (Å²) in [5, 5.41) is 10.7. The molecule has 0 bridgehead atoms. The normalized spacial score (nSPS) is 14.8. The van der Waals surface area contributed by atoms with E-state index in [2.05, 4.69) is 9.97 Å². The highest BCUT2D eigenvalue weighted by molar-refractivity contribution is 7.98. The van der Waals surface area contributed by atoms with E-state index in [4.69, 9.17) is 4.42 Å². The van der Waals surface area contributed by atoms with Crippen molar-refractivity contribution in [1.82, 2.24) is 9.97 Å². The Morgan fingerprint density at radius 2 is 2.23 bits per heavy atom. The fourth-order valence-corrected chi connectivity index (χ4v) is 4.91. The number of aromatic nitrogens is 2. The lowest BCUT2D eigenvalue weighted by molar-refractivity contribution is 0.0944. The number of H-pyrrole nitrogens is 1. The molecule has 0 radical (unpaired) electrons. The molecule has 1 N–H and O–H groups in total. The number of aryl methyl sites for hydroxylation is 2. The van der Waals surface area contributed by atoms with Gasteiger partial charge in [-0.25, -0.2) is 4.98 Å². The predicted molar refractivity (Wildman–Crippen MR) is 100 cm³/mol. The molecule has 3 aromatic heterocycles. The molecule has 4 rings (SSSR count). The van der Waals surface area contributed by atoms with Gasteiger partial charge in [0.2, 0.25) is 5.78 Å². The Balaban J connectivity index is 1.78. The first-order valence-electron chi connectivity index (χ1n) is 8.24. The Morgan fingerprint density at radius 3 is 2.96 bits per heavy atom. The number of nitrogens with zero attached hydrogens (tertiary/aromatic N) is 2. The van der Waals surface area contributed by atoms with Crippen molar-refractivity contribution in [3.05, 3.63) is 44.5 Å². The zero-order valence-electron chi connectivity index (χ0n) is 14.0. The molecule has 1 aliphatic rings. The van der Waals surface area contributed by atoms with Crippen molar-refractivity contribution < 1.29 is 9.21 Å². The maximum atomic E-state index is 12.7. The molecule has 0 amide bonds. The third kappa shape index (κ3) is 2.77. The summed E-state index contributed by atoms with van der Waals surface area (Å²) < 4.78 is 5.43. The van der Waals surface area contributed by atoms with Crippen LogP contribution in [0.5, 0.6) is 0 Å². The van der Waals surface area contributed by atoms with Gasteiger partial charge in [-0.05, 0) is 49.6 Å². The molecule has 0 spiro atoms. The topological polar surface area (TPSA) is 99.7 Å². The molecule has 1 unspecified atom stereocenters. The Kier molecular flexibility index (Phi) is 4.42. The average molecular weight is 385 g/mol. The molecule has 8 heteroatoms. The zero-order chi connectivity index (χ0) is 18.3. The average Bonchev–Trinajstić information content (AvgIpc) is 3.26. The number of carbonyl (C=O) groups is 1. The molecule has 3 heterocycles. The number of nitrogens with one attached hydrogen (secondary N) is 1. The van der Waals surface area contributed by atoms with Crippen molar-refractivity contribution in [1.29, 1.82) is 5.26 Å². The number of fused-ring (bicyclic) bond motifs is 3. The van der Waals surface area contributed by atoms with Crippen LogP contribution in [0.25, 0.3) is 10.2 Å². The van der Waals surface area contributed by atoms with Gasteiger partial charge >= 0.3 is 0 Å². The SMILES string of the molecule is CSc1ccc(C(=O)C(C#N)c2nc3sc4c(c3c(=O)[nH]2)CCCC4)o1. The number of furan rings is 1. The van der Waals surface area contributed by atoms with Gasteiger partial charge < -0.3 is 9.40 Å². The summed E-state index contributed by atoms with van der Waals surface area (Å²) in [7, 11) is 0. The fourth-order valence-electron chi connectivity index (χ4n) is 3.27. The number of Topliss-reactive ketones (excluding diaryl/α,β-unsaturated/α-hetero) is 1. The van der Waals surface area contributed by atoms with Crippen molar-refractivity contribution in [3.8, 4) is 6.07 Å². The number of rotatable bonds is 4. The summed E-state index contributed by atoms with van der Waals surface area (Å²) in [6.07, 6.45) is 5.84. The van der Waals surface area contributed by atoms with E-state index in [0.717, 1.165) is 31.2 Å². The Labute approximate surface area is 157 Å². The van der Waals surface area contributed by atoms with Gasteiger partial charge in [-0.1, -0.05) is 11.8 Å². The lowest BCUT2D eigenvalue weighted by atomic mass is 9.97. The van der Waals surface area contributed by atoms with Gasteiger partial charge in [0.15, 0.2) is 16.8 Å². The monoisotopic (exact) mass is 385 g/mol. The molecule has 6 nitrogen and oxygen atoms in total. The van der Waals surface area contributed by atoms with Crippen LogP contribution < -0.4 is 5.56 Å². The molecule has 1 aliphatic carbocycles. The molecule has 0 aliphatic heterocycles. The number of thioether (sulfide) groups is 1. The van der Waals surface area contributed by atoms with Crippen LogP contribution in [0.2, 0.25) is 0 Å². The summed E-state index contributed by atoms with van der Waals surface area (Å²) in [6, 6.07) is 5.17. The number of hydrogen-bond acceptors (Lipinski definition) is 7. The maximum Gasteiger partial charge on any atom is 0.259 e. The van der Waals surface area contributed by atoms with Crippen molar-refractivity contribution in [3.63, 3.8) is 0 Å². The van der Waals surface area contributed by atoms with E-state index >= 15 is 0 Å². The number of carbonyl (C=O) groups excluding carboxylic acids is 1. The second kappa shape index (κ2) is 6.74. The van der Waals surface area contributed by atoms with Crippen LogP contribution in [0, 0.1) is 11.3 Å². The highest BCUT2D eigenvalue weighted by atomic mass is 32.2. The Morgan fingerprint density at radius 1 is 1.42 bits per heavy atom. The van der Waals surface area contributed by atoms with E-state index in [1.807, 2.05) is 12.3 Å². The minimum atomic E-state index is -1.20. The second-order valence-corrected chi connectivity index (χ2v) is 7.99. The fraction of sp³-hybridized carbons (Fsp3) is 0.333. The molecular weight excluding hydrogens is 370 g/mol. The Hall–Kier alpha value is -2.37. The highest BCUT2D eigenvalue weighted by Gasteiger charge is 2.29. The van der Waals surface area contributed by atoms with Crippen molar-refractivity contribution in [2.45, 2.75) is 36.7 Å². The minimum absolute atomic E-state index is 0.0794. The minimum Gasteiger partial charge on any atom is -0.447 e. The highest BCUT2D eigenvalue weighted by Crippen LogP contribution is 2.34. The molecule has 0 fully saturated rings. The quantitative estimate of drug-likeness (QED) is 0.543. The van der Waals surface area contributed by atoms with Gasteiger partial charge in [0.05, 0.1) is 11.5 Å². The van der Waals surface area contributed by atoms with E-state index in [0.29, 0.717) is 15.3 Å². The number of aromatic amines is 1. The number of nitriles is 1. The summed E-state index contributed by atoms with van der Waals surface area (Å²) in [4.78, 5) is 34.2. The van der Waals surface area contributed by atoms with Crippen LogP contribution in [0.3, 0.4) is 0 Å². The smallest absolute Gasteiger partial charge is 0.259 e. The van der Waals surface area contributed by atoms with Crippen molar-refractivity contribution in [2.24, 2.45) is 0 Å². The van der Waals surface area contributed by atoms with Gasteiger partial charge in [-0.3, -0.25) is 9.59 Å². The predicted octanol–water partition coefficient (Wildman–Crippen LogP) is 3.67. The summed E-state index contributed by atoms with van der Waals surface area (Å²) >= 11 is 2.86. The van der Waals surface area contributed by atoms with Crippen LogP contribution in [0.4, 0.5) is 0 Å². The van der Waals surface area contributed by atoms with Crippen LogP contribution in [-0.4, -0.2) is 22.0 Å². The first-order valence-corrected chi connectivity index (χ1v) is 10.3. The molecule has 0 saturated carbocycles. The lowest BCUT2D eigenvalue weighted by Gasteiger charge is -2.09. The van der Waals surface area contributed by atoms with Gasteiger partial charge in [-0.2, -0.15) is 5.26 Å². The van der Waals surface area contributed by atoms with Crippen LogP contribution >= 0.6 is 23.1 Å². The number of thiophene rings is 1. The summed E-state index contributed by atoms with van der Waals surface area (Å²) in [6.45, 7) is 0. The van der Waals surface area contributed by atoms with Crippen molar-refractivity contribution >= 4 is 39.1 Å². The van der Waals surface area contributed by atoms with Crippen LogP contribution in [0.15, 0.2) is 26.4 Å². The van der Waals surface area contributed by atoms with Gasteiger partial charge in [0, 0.05) is 4.88 Å². The van der Waals surface area contributed by atoms with Gasteiger partial charge in [-0.15, -0.1) is 11.3 Å². The van der Waals surface area contributed by atoms with E-state index in [-0.39, 0.29) is 17.1 Å².